The second kappa shape index (κ2) is 10.2. The van der Waals surface area contributed by atoms with Crippen LogP contribution in [0.3, 0.4) is 0 Å². The van der Waals surface area contributed by atoms with Crippen LogP contribution in [0.15, 0.2) is 12.1 Å². The van der Waals surface area contributed by atoms with Gasteiger partial charge in [-0.1, -0.05) is 0 Å². The minimum Gasteiger partial charge on any atom is -0.492 e. The molecule has 132 valence electrons. The molecule has 0 N–H and O–H groups in total. The SMILES string of the molecule is CCOC(=O)CCCCCOc1ccc([N+](=O)[O-])c(C=O)c1OC. The van der Waals surface area contributed by atoms with Gasteiger partial charge in [-0.2, -0.15) is 0 Å². The molecule has 1 aromatic rings. The quantitative estimate of drug-likeness (QED) is 0.201. The number of nitro groups is 1. The lowest BCUT2D eigenvalue weighted by Gasteiger charge is -2.12. The molecule has 0 fully saturated rings. The van der Waals surface area contributed by atoms with Gasteiger partial charge in [0.05, 0.1) is 25.2 Å². The highest BCUT2D eigenvalue weighted by atomic mass is 16.6. The van der Waals surface area contributed by atoms with Crippen LogP contribution in [0.2, 0.25) is 0 Å². The summed E-state index contributed by atoms with van der Waals surface area (Å²) in [5, 5.41) is 10.9. The third-order valence-electron chi connectivity index (χ3n) is 3.24. The molecule has 0 amide bonds. The fourth-order valence-corrected chi connectivity index (χ4v) is 2.13. The fourth-order valence-electron chi connectivity index (χ4n) is 2.13. The Bertz CT molecular complexity index is 586. The van der Waals surface area contributed by atoms with E-state index in [1.165, 1.54) is 19.2 Å². The summed E-state index contributed by atoms with van der Waals surface area (Å²) >= 11 is 0. The molecule has 0 saturated carbocycles. The van der Waals surface area contributed by atoms with Crippen molar-refractivity contribution in [2.75, 3.05) is 20.3 Å². The monoisotopic (exact) mass is 339 g/mol. The molecule has 0 atom stereocenters. The smallest absolute Gasteiger partial charge is 0.305 e. The van der Waals surface area contributed by atoms with E-state index >= 15 is 0 Å². The van der Waals surface area contributed by atoms with Crippen molar-refractivity contribution in [1.29, 1.82) is 0 Å². The van der Waals surface area contributed by atoms with Crippen LogP contribution in [0.4, 0.5) is 5.69 Å². The topological polar surface area (TPSA) is 105 Å². The lowest BCUT2D eigenvalue weighted by Crippen LogP contribution is -2.05. The summed E-state index contributed by atoms with van der Waals surface area (Å²) in [6.07, 6.45) is 2.90. The molecule has 8 heteroatoms. The molecule has 0 aliphatic carbocycles. The maximum Gasteiger partial charge on any atom is 0.305 e. The van der Waals surface area contributed by atoms with Crippen LogP contribution in [-0.4, -0.2) is 37.5 Å². The minimum atomic E-state index is -0.647. The number of methoxy groups -OCH3 is 1. The summed E-state index contributed by atoms with van der Waals surface area (Å²) in [4.78, 5) is 32.6. The van der Waals surface area contributed by atoms with E-state index < -0.39 is 4.92 Å². The van der Waals surface area contributed by atoms with Crippen LogP contribution in [0, 0.1) is 10.1 Å². The Kier molecular flexibility index (Phi) is 8.24. The minimum absolute atomic E-state index is 0.0470. The van der Waals surface area contributed by atoms with E-state index in [4.69, 9.17) is 14.2 Å². The predicted octanol–water partition coefficient (Wildman–Crippen LogP) is 2.92. The molecule has 0 aliphatic heterocycles. The predicted molar refractivity (Wildman–Crippen MR) is 85.6 cm³/mol. The molecule has 8 nitrogen and oxygen atoms in total. The van der Waals surface area contributed by atoms with Crippen LogP contribution in [-0.2, 0) is 9.53 Å². The largest absolute Gasteiger partial charge is 0.492 e. The summed E-state index contributed by atoms with van der Waals surface area (Å²) in [5.41, 5.74) is -0.481. The summed E-state index contributed by atoms with van der Waals surface area (Å²) < 4.78 is 15.4. The maximum absolute atomic E-state index is 11.2. The first-order valence-electron chi connectivity index (χ1n) is 7.64. The average Bonchev–Trinajstić information content (AvgIpc) is 2.56. The van der Waals surface area contributed by atoms with Crippen molar-refractivity contribution in [3.05, 3.63) is 27.8 Å². The Labute approximate surface area is 139 Å². The van der Waals surface area contributed by atoms with Crippen molar-refractivity contribution in [3.8, 4) is 11.5 Å². The van der Waals surface area contributed by atoms with Crippen LogP contribution in [0.25, 0.3) is 0 Å². The number of ether oxygens (including phenoxy) is 3. The van der Waals surface area contributed by atoms with Gasteiger partial charge in [0.2, 0.25) is 0 Å². The Morgan fingerprint density at radius 1 is 1.29 bits per heavy atom. The van der Waals surface area contributed by atoms with Crippen molar-refractivity contribution in [2.45, 2.75) is 32.6 Å². The second-order valence-electron chi connectivity index (χ2n) is 4.87. The highest BCUT2D eigenvalue weighted by molar-refractivity contribution is 5.87. The third-order valence-corrected chi connectivity index (χ3v) is 3.24. The first-order chi connectivity index (χ1) is 11.5. The molecule has 24 heavy (non-hydrogen) atoms. The van der Waals surface area contributed by atoms with Crippen LogP contribution >= 0.6 is 0 Å². The number of aldehydes is 1. The van der Waals surface area contributed by atoms with Crippen LogP contribution in [0.5, 0.6) is 11.5 Å². The molecule has 0 radical (unpaired) electrons. The zero-order valence-corrected chi connectivity index (χ0v) is 13.8. The second-order valence-corrected chi connectivity index (χ2v) is 4.87. The molecule has 0 spiro atoms. The number of nitro benzene ring substituents is 1. The van der Waals surface area contributed by atoms with Crippen LogP contribution < -0.4 is 9.47 Å². The molecule has 0 saturated heterocycles. The third kappa shape index (κ3) is 5.53. The number of unbranched alkanes of at least 4 members (excludes halogenated alkanes) is 2. The fraction of sp³-hybridized carbons (Fsp3) is 0.500. The first-order valence-corrected chi connectivity index (χ1v) is 7.64. The van der Waals surface area contributed by atoms with Crippen molar-refractivity contribution >= 4 is 17.9 Å². The molecule has 0 heterocycles. The highest BCUT2D eigenvalue weighted by Gasteiger charge is 2.22. The summed E-state index contributed by atoms with van der Waals surface area (Å²) in [5.74, 6) is 0.104. The summed E-state index contributed by atoms with van der Waals surface area (Å²) in [6.45, 7) is 2.48. The van der Waals surface area contributed by atoms with E-state index in [0.717, 1.165) is 6.42 Å². The molecule has 0 aliphatic rings. The van der Waals surface area contributed by atoms with E-state index in [1.807, 2.05) is 0 Å². The number of hydrogen-bond donors (Lipinski definition) is 0. The highest BCUT2D eigenvalue weighted by Crippen LogP contribution is 2.36. The van der Waals surface area contributed by atoms with Gasteiger partial charge in [0, 0.05) is 12.5 Å². The zero-order valence-electron chi connectivity index (χ0n) is 13.8. The Hall–Kier alpha value is -2.64. The molecular weight excluding hydrogens is 318 g/mol. The number of carbonyl (C=O) groups excluding carboxylic acids is 2. The molecule has 1 rings (SSSR count). The van der Waals surface area contributed by atoms with Gasteiger partial charge in [-0.3, -0.25) is 19.7 Å². The van der Waals surface area contributed by atoms with E-state index in [2.05, 4.69) is 0 Å². The lowest BCUT2D eigenvalue weighted by molar-refractivity contribution is -0.385. The van der Waals surface area contributed by atoms with Gasteiger partial charge in [-0.15, -0.1) is 0 Å². The van der Waals surface area contributed by atoms with E-state index in [1.54, 1.807) is 6.92 Å². The van der Waals surface area contributed by atoms with Gasteiger partial charge in [-0.25, -0.2) is 0 Å². The van der Waals surface area contributed by atoms with Crippen molar-refractivity contribution in [3.63, 3.8) is 0 Å². The number of hydrogen-bond acceptors (Lipinski definition) is 7. The molecule has 0 bridgehead atoms. The van der Waals surface area contributed by atoms with E-state index in [9.17, 15) is 19.7 Å². The van der Waals surface area contributed by atoms with Crippen molar-refractivity contribution in [2.24, 2.45) is 0 Å². The molecule has 0 unspecified atom stereocenters. The van der Waals surface area contributed by atoms with Gasteiger partial charge in [0.25, 0.3) is 5.69 Å². The summed E-state index contributed by atoms with van der Waals surface area (Å²) in [7, 11) is 1.32. The summed E-state index contributed by atoms with van der Waals surface area (Å²) in [6, 6.07) is 2.62. The van der Waals surface area contributed by atoms with Crippen LogP contribution in [0.1, 0.15) is 43.0 Å². The Morgan fingerprint density at radius 3 is 2.62 bits per heavy atom. The first kappa shape index (κ1) is 19.4. The average molecular weight is 339 g/mol. The van der Waals surface area contributed by atoms with E-state index in [0.29, 0.717) is 38.8 Å². The van der Waals surface area contributed by atoms with Crippen molar-refractivity contribution < 1.29 is 28.7 Å². The number of nitrogens with zero attached hydrogens (tertiary/aromatic N) is 1. The Balaban J connectivity index is 2.55. The Morgan fingerprint density at radius 2 is 2.04 bits per heavy atom. The number of benzene rings is 1. The van der Waals surface area contributed by atoms with Gasteiger partial charge in [0.15, 0.2) is 17.8 Å². The van der Waals surface area contributed by atoms with E-state index in [-0.39, 0.29) is 28.7 Å². The molecular formula is C16H21NO7. The number of carbonyl (C=O) groups is 2. The normalized spacial score (nSPS) is 10.1. The van der Waals surface area contributed by atoms with Gasteiger partial charge >= 0.3 is 5.97 Å². The zero-order chi connectivity index (χ0) is 17.9. The molecule has 0 aromatic heterocycles. The van der Waals surface area contributed by atoms with Crippen molar-refractivity contribution in [1.82, 2.24) is 0 Å². The van der Waals surface area contributed by atoms with Gasteiger partial charge in [-0.05, 0) is 32.3 Å². The number of esters is 1. The standard InChI is InChI=1S/C16H21NO7/c1-3-23-15(19)7-5-4-6-10-24-14-9-8-13(17(20)21)12(11-18)16(14)22-2/h8-9,11H,3-7,10H2,1-2H3. The van der Waals surface area contributed by atoms with Gasteiger partial charge < -0.3 is 14.2 Å². The lowest BCUT2D eigenvalue weighted by atomic mass is 10.1. The van der Waals surface area contributed by atoms with Gasteiger partial charge in [0.1, 0.15) is 5.56 Å². The maximum atomic E-state index is 11.2. The number of rotatable bonds is 11. The molecule has 1 aromatic carbocycles.